The molecule has 17 unspecified atom stereocenters. The molecule has 3 aliphatic rings. The van der Waals surface area contributed by atoms with E-state index in [0.717, 1.165) is 38.5 Å². The van der Waals surface area contributed by atoms with E-state index in [1.54, 1.807) is 6.08 Å². The summed E-state index contributed by atoms with van der Waals surface area (Å²) in [4.78, 5) is 13.5. The van der Waals surface area contributed by atoms with E-state index in [-0.39, 0.29) is 18.9 Å². The van der Waals surface area contributed by atoms with Crippen molar-refractivity contribution in [3.63, 3.8) is 0 Å². The summed E-state index contributed by atoms with van der Waals surface area (Å²) in [6, 6.07) is -0.988. The average Bonchev–Trinajstić information content (AvgIpc) is 0.789. The Bertz CT molecular complexity index is 1850. The Labute approximate surface area is 588 Å². The molecule has 19 heteroatoms. The van der Waals surface area contributed by atoms with Crippen molar-refractivity contribution in [3.05, 3.63) is 24.3 Å². The molecule has 0 aromatic heterocycles. The summed E-state index contributed by atoms with van der Waals surface area (Å²) in [5.74, 6) is -0.278. The summed E-state index contributed by atoms with van der Waals surface area (Å²) >= 11 is 0. The van der Waals surface area contributed by atoms with Gasteiger partial charge in [-0.15, -0.1) is 0 Å². The molecule has 0 saturated carbocycles. The summed E-state index contributed by atoms with van der Waals surface area (Å²) in [6.07, 6.45) is 44.7. The number of hydrogen-bond donors (Lipinski definition) is 12. The van der Waals surface area contributed by atoms with E-state index >= 15 is 0 Å². The predicted octanol–water partition coefficient (Wildman–Crippen LogP) is 13.0. The lowest BCUT2D eigenvalue weighted by Gasteiger charge is -2.48. The lowest BCUT2D eigenvalue weighted by Crippen LogP contribution is -2.66. The Balaban J connectivity index is 1.35. The number of hydrogen-bond acceptors (Lipinski definition) is 18. The van der Waals surface area contributed by atoms with Gasteiger partial charge in [0.25, 0.3) is 0 Å². The first kappa shape index (κ1) is 89.5. The third kappa shape index (κ3) is 40.2. The normalized spacial score (nSPS) is 27.0. The third-order valence-corrected chi connectivity index (χ3v) is 20.3. The molecule has 3 rings (SSSR count). The number of rotatable bonds is 64. The van der Waals surface area contributed by atoms with Crippen LogP contribution in [0.25, 0.3) is 0 Å². The highest BCUT2D eigenvalue weighted by atomic mass is 16.8. The van der Waals surface area contributed by atoms with Crippen LogP contribution in [-0.4, -0.2) is 193 Å². The largest absolute Gasteiger partial charge is 0.394 e. The summed E-state index contributed by atoms with van der Waals surface area (Å²) in [5.41, 5.74) is 0. The number of carbonyl (C=O) groups excluding carboxylic acids is 1. The highest BCUT2D eigenvalue weighted by molar-refractivity contribution is 5.76. The Morgan fingerprint density at radius 1 is 0.361 bits per heavy atom. The monoisotopic (exact) mass is 1390 g/mol. The van der Waals surface area contributed by atoms with Gasteiger partial charge in [-0.3, -0.25) is 4.79 Å². The zero-order chi connectivity index (χ0) is 70.4. The van der Waals surface area contributed by atoms with Crippen molar-refractivity contribution in [2.45, 2.75) is 439 Å². The summed E-state index contributed by atoms with van der Waals surface area (Å²) in [5, 5.41) is 121. The highest BCUT2D eigenvalue weighted by Crippen LogP contribution is 2.33. The van der Waals surface area contributed by atoms with Gasteiger partial charge in [-0.1, -0.05) is 321 Å². The molecule has 0 bridgehead atoms. The Morgan fingerprint density at radius 2 is 0.660 bits per heavy atom. The van der Waals surface area contributed by atoms with E-state index in [2.05, 4.69) is 31.3 Å². The van der Waals surface area contributed by atoms with Gasteiger partial charge in [-0.05, 0) is 32.1 Å². The molecule has 0 aromatic carbocycles. The van der Waals surface area contributed by atoms with E-state index in [9.17, 15) is 61.0 Å². The first-order chi connectivity index (χ1) is 47.3. The standard InChI is InChI=1S/C78H147NO18/c1-3-5-7-9-11-13-15-17-19-21-23-24-25-26-27-28-29-30-31-32-33-34-35-36-38-40-42-44-46-48-50-52-54-56-66(84)79-61(62(83)55-53-51-49-47-45-43-41-39-37-22-20-18-16-14-12-10-8-6-4-2)60-92-76-72(90)69(87)74(64(58-81)94-76)97-78-73(91)70(88)75(65(59-82)95-78)96-77-71(89)68(86)67(85)63(57-80)93-77/h45,47,53,55,61-65,67-78,80-83,85-91H,3-44,46,48-52,54,56-60H2,1-2H3,(H,79,84)/b47-45+,55-53+. The molecule has 0 aromatic rings. The van der Waals surface area contributed by atoms with Crippen molar-refractivity contribution >= 4 is 5.91 Å². The number of nitrogens with one attached hydrogen (secondary N) is 1. The molecule has 0 radical (unpaired) electrons. The van der Waals surface area contributed by atoms with Crippen molar-refractivity contribution in [1.82, 2.24) is 5.32 Å². The van der Waals surface area contributed by atoms with Crippen LogP contribution in [-0.2, 0) is 33.2 Å². The van der Waals surface area contributed by atoms with Crippen LogP contribution in [0.1, 0.15) is 335 Å². The molecule has 3 heterocycles. The van der Waals surface area contributed by atoms with E-state index in [4.69, 9.17) is 28.4 Å². The first-order valence-corrected chi connectivity index (χ1v) is 40.1. The van der Waals surface area contributed by atoms with Crippen molar-refractivity contribution in [2.75, 3.05) is 26.4 Å². The average molecular weight is 1390 g/mol. The third-order valence-electron chi connectivity index (χ3n) is 20.3. The zero-order valence-corrected chi connectivity index (χ0v) is 61.1. The van der Waals surface area contributed by atoms with E-state index in [1.165, 1.54) is 263 Å². The second-order valence-corrected chi connectivity index (χ2v) is 28.9. The number of aliphatic hydroxyl groups excluding tert-OH is 11. The predicted molar refractivity (Wildman–Crippen MR) is 383 cm³/mol. The molecule has 97 heavy (non-hydrogen) atoms. The van der Waals surface area contributed by atoms with Crippen LogP contribution in [0.15, 0.2) is 24.3 Å². The minimum absolute atomic E-state index is 0.241. The molecule has 19 nitrogen and oxygen atoms in total. The highest BCUT2D eigenvalue weighted by Gasteiger charge is 2.54. The molecule has 3 fully saturated rings. The van der Waals surface area contributed by atoms with Crippen LogP contribution < -0.4 is 5.32 Å². The fraction of sp³-hybridized carbons (Fsp3) is 0.936. The van der Waals surface area contributed by atoms with Gasteiger partial charge in [-0.2, -0.15) is 0 Å². The lowest BCUT2D eigenvalue weighted by molar-refractivity contribution is -0.379. The SMILES string of the molecule is CCCCCCCCCCCCCCC/C=C/CC/C=C/C(O)C(COC1OC(CO)C(OC2OC(CO)C(OC3OC(CO)C(O)C(O)C3O)C(O)C2O)C(O)C1O)NC(=O)CCCCCCCCCCCCCCCCCCCCCCCCCCCCCCCCCCC. The molecule has 572 valence electrons. The molecule has 12 N–H and O–H groups in total. The van der Waals surface area contributed by atoms with Crippen LogP contribution in [0.2, 0.25) is 0 Å². The van der Waals surface area contributed by atoms with Crippen molar-refractivity contribution in [1.29, 1.82) is 0 Å². The molecule has 1 amide bonds. The van der Waals surface area contributed by atoms with Gasteiger partial charge in [0.2, 0.25) is 5.91 Å². The molecule has 17 atom stereocenters. The first-order valence-electron chi connectivity index (χ1n) is 40.1. The second-order valence-electron chi connectivity index (χ2n) is 28.9. The van der Waals surface area contributed by atoms with E-state index in [0.29, 0.717) is 12.8 Å². The van der Waals surface area contributed by atoms with Gasteiger partial charge >= 0.3 is 0 Å². The van der Waals surface area contributed by atoms with Gasteiger partial charge in [0.1, 0.15) is 73.2 Å². The summed E-state index contributed by atoms with van der Waals surface area (Å²) in [7, 11) is 0. The lowest BCUT2D eigenvalue weighted by atomic mass is 9.96. The van der Waals surface area contributed by atoms with Crippen molar-refractivity contribution in [3.8, 4) is 0 Å². The van der Waals surface area contributed by atoms with Gasteiger partial charge in [0.15, 0.2) is 18.9 Å². The number of unbranched alkanes of at least 4 members (excludes halogenated alkanes) is 46. The van der Waals surface area contributed by atoms with Crippen molar-refractivity contribution in [2.24, 2.45) is 0 Å². The Kier molecular flexibility index (Phi) is 55.0. The number of carbonyl (C=O) groups is 1. The smallest absolute Gasteiger partial charge is 0.220 e. The van der Waals surface area contributed by atoms with Crippen LogP contribution in [0.5, 0.6) is 0 Å². The number of ether oxygens (including phenoxy) is 6. The van der Waals surface area contributed by atoms with Crippen LogP contribution in [0.4, 0.5) is 0 Å². The summed E-state index contributed by atoms with van der Waals surface area (Å²) in [6.45, 7) is 1.77. The van der Waals surface area contributed by atoms with Gasteiger partial charge in [-0.25, -0.2) is 0 Å². The Morgan fingerprint density at radius 3 is 1.03 bits per heavy atom. The molecule has 0 aliphatic carbocycles. The van der Waals surface area contributed by atoms with Gasteiger partial charge < -0.3 is 89.9 Å². The van der Waals surface area contributed by atoms with Crippen LogP contribution in [0.3, 0.4) is 0 Å². The van der Waals surface area contributed by atoms with E-state index in [1.807, 2.05) is 6.08 Å². The molecular formula is C78H147NO18. The molecule has 3 aliphatic heterocycles. The maximum atomic E-state index is 13.5. The number of allylic oxidation sites excluding steroid dienone is 3. The second kappa shape index (κ2) is 59.6. The Hall–Kier alpha value is -1.73. The van der Waals surface area contributed by atoms with Crippen LogP contribution in [0, 0.1) is 0 Å². The zero-order valence-electron chi connectivity index (χ0n) is 61.1. The van der Waals surface area contributed by atoms with Crippen molar-refractivity contribution < 1.29 is 89.4 Å². The maximum absolute atomic E-state index is 13.5. The van der Waals surface area contributed by atoms with E-state index < -0.39 is 124 Å². The molecule has 3 saturated heterocycles. The number of aliphatic hydroxyl groups is 11. The quantitative estimate of drug-likeness (QED) is 0.0199. The van der Waals surface area contributed by atoms with Gasteiger partial charge in [0.05, 0.1) is 38.6 Å². The topological polar surface area (TPSA) is 307 Å². The molecule has 0 spiro atoms. The molecular weight excluding hydrogens is 1240 g/mol. The fourth-order valence-corrected chi connectivity index (χ4v) is 13.8. The summed E-state index contributed by atoms with van der Waals surface area (Å²) < 4.78 is 34.4. The minimum Gasteiger partial charge on any atom is -0.394 e. The number of amides is 1. The van der Waals surface area contributed by atoms with Crippen LogP contribution >= 0.6 is 0 Å². The fourth-order valence-electron chi connectivity index (χ4n) is 13.8. The maximum Gasteiger partial charge on any atom is 0.220 e. The van der Waals surface area contributed by atoms with Gasteiger partial charge in [0, 0.05) is 6.42 Å². The minimum atomic E-state index is -1.98.